The van der Waals surface area contributed by atoms with E-state index in [1.54, 1.807) is 12.0 Å². The van der Waals surface area contributed by atoms with Crippen molar-refractivity contribution in [3.05, 3.63) is 23.6 Å². The lowest BCUT2D eigenvalue weighted by molar-refractivity contribution is -0.146. The topological polar surface area (TPSA) is 54.9 Å². The van der Waals surface area contributed by atoms with Crippen LogP contribution in [0.3, 0.4) is 0 Å². The Morgan fingerprint density at radius 1 is 1.27 bits per heavy atom. The third-order valence-corrected chi connectivity index (χ3v) is 9.51. The lowest BCUT2D eigenvalue weighted by Crippen LogP contribution is -2.54. The van der Waals surface area contributed by atoms with Crippen LogP contribution in [0.5, 0.6) is 0 Å². The van der Waals surface area contributed by atoms with Gasteiger partial charge >= 0.3 is 6.18 Å². The number of pyridine rings is 1. The first-order valence-corrected chi connectivity index (χ1v) is 13.4. The summed E-state index contributed by atoms with van der Waals surface area (Å²) >= 11 is 0. The summed E-state index contributed by atoms with van der Waals surface area (Å²) in [4.78, 5) is 21.6. The van der Waals surface area contributed by atoms with E-state index in [9.17, 15) is 22.4 Å². The SMILES string of the molecule is CO[C@@H]1COCC[C@@H]1C[C@@H]1CC[C@@](C(=O)N2C[C@H]3C[C@@H]2CN3c2nccc(C(F)(F)F)c2F)(C(C)C)C1. The number of rotatable bonds is 6. The van der Waals surface area contributed by atoms with Crippen molar-refractivity contribution in [2.75, 3.05) is 38.3 Å². The molecule has 206 valence electrons. The molecule has 1 amide bonds. The minimum Gasteiger partial charge on any atom is -0.379 e. The molecule has 1 aromatic rings. The summed E-state index contributed by atoms with van der Waals surface area (Å²) in [5.41, 5.74) is -1.74. The van der Waals surface area contributed by atoms with Crippen LogP contribution >= 0.6 is 0 Å². The largest absolute Gasteiger partial charge is 0.419 e. The molecule has 2 bridgehead atoms. The number of methoxy groups -OCH3 is 1. The highest BCUT2D eigenvalue weighted by Crippen LogP contribution is 2.52. The van der Waals surface area contributed by atoms with Gasteiger partial charge in [0.15, 0.2) is 11.6 Å². The molecule has 1 aliphatic carbocycles. The number of hydrogen-bond donors (Lipinski definition) is 0. The van der Waals surface area contributed by atoms with Crippen LogP contribution in [-0.4, -0.2) is 67.4 Å². The van der Waals surface area contributed by atoms with Gasteiger partial charge in [-0.2, -0.15) is 13.2 Å². The molecule has 4 aliphatic rings. The summed E-state index contributed by atoms with van der Waals surface area (Å²) in [5.74, 6) is -0.376. The number of amides is 1. The number of nitrogens with zero attached hydrogens (tertiary/aromatic N) is 3. The average molecular weight is 528 g/mol. The van der Waals surface area contributed by atoms with Crippen LogP contribution in [0.1, 0.15) is 57.9 Å². The molecule has 4 heterocycles. The van der Waals surface area contributed by atoms with Gasteiger partial charge in [-0.1, -0.05) is 13.8 Å². The van der Waals surface area contributed by atoms with E-state index in [-0.39, 0.29) is 35.8 Å². The molecule has 0 N–H and O–H groups in total. The maximum atomic E-state index is 14.8. The number of carbonyl (C=O) groups is 1. The minimum absolute atomic E-state index is 0.101. The molecule has 1 saturated carbocycles. The molecule has 10 heteroatoms. The molecule has 3 aliphatic heterocycles. The Morgan fingerprint density at radius 2 is 2.05 bits per heavy atom. The number of anilines is 1. The van der Waals surface area contributed by atoms with Crippen molar-refractivity contribution in [3.63, 3.8) is 0 Å². The van der Waals surface area contributed by atoms with Gasteiger partial charge in [-0.05, 0) is 62.3 Å². The predicted octanol–water partition coefficient (Wildman–Crippen LogP) is 4.91. The zero-order chi connectivity index (χ0) is 26.5. The van der Waals surface area contributed by atoms with Crippen LogP contribution in [0.15, 0.2) is 12.3 Å². The molecule has 4 fully saturated rings. The van der Waals surface area contributed by atoms with E-state index in [2.05, 4.69) is 18.8 Å². The number of halogens is 4. The maximum absolute atomic E-state index is 14.8. The summed E-state index contributed by atoms with van der Waals surface area (Å²) in [5, 5.41) is 0. The quantitative estimate of drug-likeness (QED) is 0.492. The first-order valence-electron chi connectivity index (χ1n) is 13.4. The number of alkyl halides is 3. The van der Waals surface area contributed by atoms with Crippen LogP contribution in [-0.2, 0) is 20.4 Å². The fourth-order valence-electron chi connectivity index (χ4n) is 7.38. The number of hydrogen-bond acceptors (Lipinski definition) is 5. The van der Waals surface area contributed by atoms with E-state index in [1.807, 2.05) is 4.90 Å². The predicted molar refractivity (Wildman–Crippen MR) is 129 cm³/mol. The van der Waals surface area contributed by atoms with Gasteiger partial charge in [0.05, 0.1) is 35.8 Å². The molecule has 6 atom stereocenters. The van der Waals surface area contributed by atoms with E-state index in [4.69, 9.17) is 9.47 Å². The van der Waals surface area contributed by atoms with E-state index in [1.165, 1.54) is 0 Å². The number of carbonyl (C=O) groups excluding carboxylic acids is 1. The van der Waals surface area contributed by atoms with Crippen molar-refractivity contribution < 1.29 is 31.8 Å². The Kier molecular flexibility index (Phi) is 7.19. The van der Waals surface area contributed by atoms with Gasteiger partial charge in [-0.3, -0.25) is 4.79 Å². The highest BCUT2D eigenvalue weighted by molar-refractivity contribution is 5.84. The molecular weight excluding hydrogens is 490 g/mol. The second kappa shape index (κ2) is 9.98. The molecule has 0 radical (unpaired) electrons. The molecule has 0 spiro atoms. The Bertz CT molecular complexity index is 1010. The Labute approximate surface area is 215 Å². The van der Waals surface area contributed by atoms with E-state index >= 15 is 0 Å². The Balaban J connectivity index is 1.28. The van der Waals surface area contributed by atoms with Gasteiger partial charge in [-0.15, -0.1) is 0 Å². The van der Waals surface area contributed by atoms with Crippen molar-refractivity contribution in [1.29, 1.82) is 0 Å². The molecule has 5 rings (SSSR count). The van der Waals surface area contributed by atoms with Crippen LogP contribution in [0.2, 0.25) is 0 Å². The van der Waals surface area contributed by atoms with Gasteiger partial charge in [0.1, 0.15) is 0 Å². The first-order chi connectivity index (χ1) is 17.5. The van der Waals surface area contributed by atoms with E-state index in [0.29, 0.717) is 44.0 Å². The number of likely N-dealkylation sites (tertiary alicyclic amines) is 1. The van der Waals surface area contributed by atoms with Gasteiger partial charge in [0, 0.05) is 33.0 Å². The van der Waals surface area contributed by atoms with Crippen molar-refractivity contribution in [2.45, 2.75) is 76.7 Å². The van der Waals surface area contributed by atoms with Crippen LogP contribution in [0.25, 0.3) is 0 Å². The van der Waals surface area contributed by atoms with Crippen molar-refractivity contribution in [3.8, 4) is 0 Å². The standard InChI is InChI=1S/C27H37F4N3O3/c1-16(2)26(7-4-17(12-26)10-18-6-9-37-15-22(18)36-3)25(35)34-14-19-11-20(34)13-33(19)24-23(28)21(5-8-32-24)27(29,30)31/h5,8,16-20,22H,4,6-7,9-15H2,1-3H3/t17-,18+,19+,20+,22+,26-/m0/s1. The van der Waals surface area contributed by atoms with Crippen LogP contribution < -0.4 is 4.90 Å². The lowest BCUT2D eigenvalue weighted by Gasteiger charge is -2.42. The van der Waals surface area contributed by atoms with Gasteiger partial charge in [0.2, 0.25) is 5.91 Å². The van der Waals surface area contributed by atoms with Crippen molar-refractivity contribution >= 4 is 11.7 Å². The summed E-state index contributed by atoms with van der Waals surface area (Å²) in [6.45, 7) is 6.31. The first kappa shape index (κ1) is 26.7. The van der Waals surface area contributed by atoms with Crippen LogP contribution in [0, 0.1) is 29.0 Å². The van der Waals surface area contributed by atoms with Gasteiger partial charge in [0.25, 0.3) is 0 Å². The maximum Gasteiger partial charge on any atom is 0.419 e. The second-order valence-corrected chi connectivity index (χ2v) is 11.7. The van der Waals surface area contributed by atoms with Gasteiger partial charge in [-0.25, -0.2) is 9.37 Å². The summed E-state index contributed by atoms with van der Waals surface area (Å²) < 4.78 is 65.7. The third kappa shape index (κ3) is 4.73. The number of aromatic nitrogens is 1. The zero-order valence-corrected chi connectivity index (χ0v) is 21.8. The Morgan fingerprint density at radius 3 is 2.70 bits per heavy atom. The van der Waals surface area contributed by atoms with Crippen molar-refractivity contribution in [2.24, 2.45) is 23.2 Å². The monoisotopic (exact) mass is 527 g/mol. The minimum atomic E-state index is -4.78. The normalized spacial score (nSPS) is 34.1. The summed E-state index contributed by atoms with van der Waals surface area (Å²) in [6.07, 6.45) is 1.66. The molecule has 0 unspecified atom stereocenters. The fourth-order valence-corrected chi connectivity index (χ4v) is 7.38. The summed E-state index contributed by atoms with van der Waals surface area (Å²) in [7, 11) is 1.73. The lowest BCUT2D eigenvalue weighted by atomic mass is 9.73. The Hall–Kier alpha value is -1.94. The third-order valence-electron chi connectivity index (χ3n) is 9.51. The average Bonchev–Trinajstić information content (AvgIpc) is 3.58. The summed E-state index contributed by atoms with van der Waals surface area (Å²) in [6, 6.07) is 0.294. The molecular formula is C27H37F4N3O3. The highest BCUT2D eigenvalue weighted by Gasteiger charge is 2.55. The zero-order valence-electron chi connectivity index (χ0n) is 21.8. The molecule has 37 heavy (non-hydrogen) atoms. The number of piperazine rings is 1. The smallest absolute Gasteiger partial charge is 0.379 e. The fraction of sp³-hybridized carbons (Fsp3) is 0.778. The molecule has 1 aromatic heterocycles. The molecule has 3 saturated heterocycles. The van der Waals surface area contributed by atoms with Gasteiger partial charge < -0.3 is 19.3 Å². The molecule has 6 nitrogen and oxygen atoms in total. The highest BCUT2D eigenvalue weighted by atomic mass is 19.4. The van der Waals surface area contributed by atoms with E-state index < -0.39 is 23.0 Å². The number of ether oxygens (including phenoxy) is 2. The van der Waals surface area contributed by atoms with Crippen molar-refractivity contribution in [1.82, 2.24) is 9.88 Å². The second-order valence-electron chi connectivity index (χ2n) is 11.7. The van der Waals surface area contributed by atoms with Crippen LogP contribution in [0.4, 0.5) is 23.4 Å². The molecule has 0 aromatic carbocycles. The number of fused-ring (bicyclic) bond motifs is 2. The van der Waals surface area contributed by atoms with E-state index in [0.717, 1.165) is 44.9 Å².